The number of ether oxygens (including phenoxy) is 1. The Balaban J connectivity index is 1.27. The van der Waals surface area contributed by atoms with Crippen LogP contribution in [0.25, 0.3) is 0 Å². The second kappa shape index (κ2) is 9.48. The summed E-state index contributed by atoms with van der Waals surface area (Å²) in [6.07, 6.45) is 1.54. The first kappa shape index (κ1) is 24.4. The van der Waals surface area contributed by atoms with Crippen LogP contribution in [0.15, 0.2) is 12.1 Å². The van der Waals surface area contributed by atoms with Crippen LogP contribution in [0.2, 0.25) is 0 Å². The van der Waals surface area contributed by atoms with Crippen LogP contribution >= 0.6 is 0 Å². The lowest BCUT2D eigenvalue weighted by atomic mass is 9.84. The highest BCUT2D eigenvalue weighted by atomic mass is 19.1. The van der Waals surface area contributed by atoms with Crippen molar-refractivity contribution in [1.29, 1.82) is 0 Å². The highest BCUT2D eigenvalue weighted by Crippen LogP contribution is 2.34. The summed E-state index contributed by atoms with van der Waals surface area (Å²) in [5.41, 5.74) is -0.464. The van der Waals surface area contributed by atoms with Crippen molar-refractivity contribution in [1.82, 2.24) is 15.1 Å². The van der Waals surface area contributed by atoms with E-state index in [9.17, 15) is 23.2 Å². The van der Waals surface area contributed by atoms with Gasteiger partial charge >= 0.3 is 6.09 Å². The van der Waals surface area contributed by atoms with Gasteiger partial charge in [0.15, 0.2) is 0 Å². The molecule has 1 aromatic carbocycles. The number of rotatable bonds is 4. The summed E-state index contributed by atoms with van der Waals surface area (Å²) in [4.78, 5) is 39.6. The van der Waals surface area contributed by atoms with Crippen LogP contribution in [-0.2, 0) is 14.3 Å². The molecule has 3 fully saturated rings. The molecule has 0 unspecified atom stereocenters. The van der Waals surface area contributed by atoms with Crippen molar-refractivity contribution in [2.45, 2.75) is 70.1 Å². The summed E-state index contributed by atoms with van der Waals surface area (Å²) >= 11 is 0. The molecule has 2 heterocycles. The van der Waals surface area contributed by atoms with Gasteiger partial charge in [-0.15, -0.1) is 0 Å². The van der Waals surface area contributed by atoms with E-state index >= 15 is 0 Å². The summed E-state index contributed by atoms with van der Waals surface area (Å²) in [6, 6.07) is 2.88. The number of hydrogen-bond donors (Lipinski definition) is 2. The number of halogens is 2. The second-order valence-electron chi connectivity index (χ2n) is 10.3. The number of carbonyl (C=O) groups excluding carboxylic acids is 3. The molecular weight excluding hydrogens is 446 g/mol. The monoisotopic (exact) mass is 478 g/mol. The molecule has 1 aromatic rings. The lowest BCUT2D eigenvalue weighted by Gasteiger charge is -2.46. The Bertz CT molecular complexity index is 943. The van der Waals surface area contributed by atoms with Gasteiger partial charge in [-0.25, -0.2) is 13.6 Å². The van der Waals surface area contributed by atoms with E-state index in [4.69, 9.17) is 4.74 Å². The van der Waals surface area contributed by atoms with Crippen molar-refractivity contribution in [3.05, 3.63) is 29.3 Å². The number of nitrogens with one attached hydrogen (secondary N) is 2. The lowest BCUT2D eigenvalue weighted by molar-refractivity contribution is -0.134. The van der Waals surface area contributed by atoms with E-state index in [1.54, 1.807) is 4.90 Å². The van der Waals surface area contributed by atoms with Crippen molar-refractivity contribution in [2.24, 2.45) is 0 Å². The molecule has 3 amide bonds. The van der Waals surface area contributed by atoms with Crippen molar-refractivity contribution >= 4 is 23.6 Å². The molecule has 34 heavy (non-hydrogen) atoms. The van der Waals surface area contributed by atoms with Gasteiger partial charge in [-0.3, -0.25) is 19.8 Å². The molecule has 2 aliphatic heterocycles. The van der Waals surface area contributed by atoms with E-state index in [0.29, 0.717) is 24.8 Å². The standard InChI is InChI=1S/C24H32F2N4O4/c1-24(2,3)34-23(33)30-8-6-29(7-9-30)16-10-14(11-16)27-15-12-18(25)21(19(26)13-15)17-4-5-20(31)28-22(17)32/h12-14,16-17,27H,4-11H2,1-3H3,(H,28,31,32)/t14?,16?,17-/m0/s1. The van der Waals surface area contributed by atoms with Gasteiger partial charge in [0.2, 0.25) is 11.8 Å². The predicted octanol–water partition coefficient (Wildman–Crippen LogP) is 2.98. The Morgan fingerprint density at radius 3 is 2.26 bits per heavy atom. The van der Waals surface area contributed by atoms with Crippen molar-refractivity contribution < 1.29 is 27.9 Å². The molecule has 8 nitrogen and oxygen atoms in total. The number of carbonyl (C=O) groups is 3. The van der Waals surface area contributed by atoms with Gasteiger partial charge in [0, 0.05) is 55.9 Å². The van der Waals surface area contributed by atoms with E-state index in [1.165, 1.54) is 12.1 Å². The molecule has 1 atom stereocenters. The number of hydrogen-bond acceptors (Lipinski definition) is 6. The predicted molar refractivity (Wildman–Crippen MR) is 121 cm³/mol. The average Bonchev–Trinajstić information content (AvgIpc) is 2.70. The number of nitrogens with zero attached hydrogens (tertiary/aromatic N) is 2. The lowest BCUT2D eigenvalue weighted by Crippen LogP contribution is -2.57. The largest absolute Gasteiger partial charge is 0.444 e. The minimum Gasteiger partial charge on any atom is -0.444 e. The maximum atomic E-state index is 14.7. The van der Waals surface area contributed by atoms with Crippen LogP contribution < -0.4 is 10.6 Å². The normalized spacial score (nSPS) is 26.0. The molecule has 1 aliphatic carbocycles. The molecular formula is C24H32F2N4O4. The quantitative estimate of drug-likeness (QED) is 0.647. The minimum atomic E-state index is -1.00. The molecule has 186 valence electrons. The van der Waals surface area contributed by atoms with E-state index < -0.39 is 35.0 Å². The number of anilines is 1. The first-order chi connectivity index (χ1) is 16.0. The van der Waals surface area contributed by atoms with E-state index in [0.717, 1.165) is 25.9 Å². The summed E-state index contributed by atoms with van der Waals surface area (Å²) < 4.78 is 34.9. The molecule has 4 rings (SSSR count). The fourth-order valence-corrected chi connectivity index (χ4v) is 4.81. The topological polar surface area (TPSA) is 91.0 Å². The van der Waals surface area contributed by atoms with Crippen LogP contribution in [0.3, 0.4) is 0 Å². The first-order valence-corrected chi connectivity index (χ1v) is 11.8. The Morgan fingerprint density at radius 2 is 1.71 bits per heavy atom. The fourth-order valence-electron chi connectivity index (χ4n) is 4.81. The number of piperidine rings is 1. The zero-order valence-corrected chi connectivity index (χ0v) is 19.8. The summed E-state index contributed by atoms with van der Waals surface area (Å²) in [6.45, 7) is 8.30. The van der Waals surface area contributed by atoms with Gasteiger partial charge in [0.25, 0.3) is 0 Å². The van der Waals surface area contributed by atoms with Gasteiger partial charge < -0.3 is 15.0 Å². The molecule has 0 bridgehead atoms. The third-order valence-corrected chi connectivity index (χ3v) is 6.63. The van der Waals surface area contributed by atoms with E-state index in [-0.39, 0.29) is 30.5 Å². The van der Waals surface area contributed by atoms with Crippen LogP contribution in [-0.4, -0.2) is 71.6 Å². The highest BCUT2D eigenvalue weighted by Gasteiger charge is 2.37. The Labute approximate surface area is 198 Å². The maximum Gasteiger partial charge on any atom is 0.410 e. The van der Waals surface area contributed by atoms with Gasteiger partial charge in [0.1, 0.15) is 17.2 Å². The second-order valence-corrected chi connectivity index (χ2v) is 10.3. The molecule has 3 aliphatic rings. The number of imide groups is 1. The molecule has 0 radical (unpaired) electrons. The molecule has 10 heteroatoms. The molecule has 0 aromatic heterocycles. The van der Waals surface area contributed by atoms with Gasteiger partial charge in [-0.1, -0.05) is 0 Å². The van der Waals surface area contributed by atoms with E-state index in [2.05, 4.69) is 15.5 Å². The van der Waals surface area contributed by atoms with Crippen LogP contribution in [0.1, 0.15) is 57.9 Å². The molecule has 2 N–H and O–H groups in total. The third kappa shape index (κ3) is 5.48. The van der Waals surface area contributed by atoms with Crippen LogP contribution in [0, 0.1) is 11.6 Å². The number of benzene rings is 1. The zero-order chi connectivity index (χ0) is 24.6. The third-order valence-electron chi connectivity index (χ3n) is 6.63. The van der Waals surface area contributed by atoms with Crippen LogP contribution in [0.4, 0.5) is 19.3 Å². The van der Waals surface area contributed by atoms with Crippen molar-refractivity contribution in [2.75, 3.05) is 31.5 Å². The van der Waals surface area contributed by atoms with Gasteiger partial charge in [0.05, 0.1) is 5.92 Å². The van der Waals surface area contributed by atoms with Crippen molar-refractivity contribution in [3.8, 4) is 0 Å². The highest BCUT2D eigenvalue weighted by molar-refractivity contribution is 6.01. The zero-order valence-electron chi connectivity index (χ0n) is 19.8. The van der Waals surface area contributed by atoms with Crippen LogP contribution in [0.5, 0.6) is 0 Å². The Kier molecular flexibility index (Phi) is 6.80. The summed E-state index contributed by atoms with van der Waals surface area (Å²) in [5, 5.41) is 5.33. The maximum absolute atomic E-state index is 14.7. The summed E-state index contributed by atoms with van der Waals surface area (Å²) in [5.74, 6) is -3.66. The minimum absolute atomic E-state index is 0.0603. The SMILES string of the molecule is CC(C)(C)OC(=O)N1CCN(C2CC(Nc3cc(F)c([C@@H]4CCC(=O)NC4=O)c(F)c3)C2)CC1. The Hall–Kier alpha value is -2.75. The molecule has 1 saturated carbocycles. The smallest absolute Gasteiger partial charge is 0.410 e. The Morgan fingerprint density at radius 1 is 1.09 bits per heavy atom. The van der Waals surface area contributed by atoms with Crippen molar-refractivity contribution in [3.63, 3.8) is 0 Å². The van der Waals surface area contributed by atoms with Gasteiger partial charge in [-0.2, -0.15) is 0 Å². The molecule has 0 spiro atoms. The average molecular weight is 479 g/mol. The fraction of sp³-hybridized carbons (Fsp3) is 0.625. The van der Waals surface area contributed by atoms with E-state index in [1.807, 2.05) is 20.8 Å². The first-order valence-electron chi connectivity index (χ1n) is 11.8. The number of amides is 3. The number of piperazine rings is 1. The van der Waals surface area contributed by atoms with Gasteiger partial charge in [-0.05, 0) is 52.2 Å². The molecule has 2 saturated heterocycles. The summed E-state index contributed by atoms with van der Waals surface area (Å²) in [7, 11) is 0.